The number of benzene rings is 2. The van der Waals surface area contributed by atoms with Crippen LogP contribution in [0.15, 0.2) is 54.6 Å². The van der Waals surface area contributed by atoms with Crippen molar-refractivity contribution in [3.63, 3.8) is 0 Å². The lowest BCUT2D eigenvalue weighted by Gasteiger charge is -2.11. The molecule has 0 aliphatic heterocycles. The Morgan fingerprint density at radius 2 is 1.77 bits per heavy atom. The molecule has 0 saturated carbocycles. The first-order chi connectivity index (χ1) is 10.5. The molecular formula is C16H16N2O4. The van der Waals surface area contributed by atoms with Gasteiger partial charge in [0.05, 0.1) is 12.5 Å². The normalized spacial score (nSPS) is 11.5. The number of hydrogen-bond acceptors (Lipinski definition) is 4. The van der Waals surface area contributed by atoms with Crippen LogP contribution in [0.2, 0.25) is 0 Å². The number of nitrogens with one attached hydrogen (secondary N) is 1. The van der Waals surface area contributed by atoms with Crippen molar-refractivity contribution >= 4 is 17.6 Å². The fraction of sp³-hybridized carbons (Fsp3) is 0.125. The van der Waals surface area contributed by atoms with E-state index in [0.717, 1.165) is 0 Å². The number of amides is 1. The third-order valence-electron chi connectivity index (χ3n) is 2.81. The number of rotatable bonds is 6. The summed E-state index contributed by atoms with van der Waals surface area (Å²) in [5, 5.41) is 11.2. The van der Waals surface area contributed by atoms with Crippen LogP contribution in [0.1, 0.15) is 6.42 Å². The van der Waals surface area contributed by atoms with Gasteiger partial charge in [-0.05, 0) is 24.3 Å². The number of aliphatic carboxylic acids is 1. The first kappa shape index (κ1) is 15.5. The van der Waals surface area contributed by atoms with Crippen LogP contribution in [0.3, 0.4) is 0 Å². The molecule has 0 aliphatic rings. The molecule has 0 fully saturated rings. The molecule has 0 heterocycles. The summed E-state index contributed by atoms with van der Waals surface area (Å²) in [4.78, 5) is 22.3. The minimum Gasteiger partial charge on any atom is -0.481 e. The lowest BCUT2D eigenvalue weighted by molar-refractivity contribution is -0.138. The van der Waals surface area contributed by atoms with Crippen molar-refractivity contribution in [3.05, 3.63) is 54.6 Å². The number of carboxylic acid groups (broad SMARTS) is 1. The van der Waals surface area contributed by atoms with Gasteiger partial charge in [0, 0.05) is 11.8 Å². The fourth-order valence-electron chi connectivity index (χ4n) is 1.78. The lowest BCUT2D eigenvalue weighted by Crippen LogP contribution is -2.37. The molecule has 6 nitrogen and oxygen atoms in total. The van der Waals surface area contributed by atoms with Crippen LogP contribution in [0.4, 0.5) is 5.69 Å². The van der Waals surface area contributed by atoms with Crippen LogP contribution < -0.4 is 15.8 Å². The van der Waals surface area contributed by atoms with Gasteiger partial charge in [-0.1, -0.05) is 24.3 Å². The molecule has 0 saturated heterocycles. The molecule has 0 bridgehead atoms. The van der Waals surface area contributed by atoms with Crippen molar-refractivity contribution < 1.29 is 19.4 Å². The average Bonchev–Trinajstić information content (AvgIpc) is 2.48. The molecule has 4 N–H and O–H groups in total. The van der Waals surface area contributed by atoms with Gasteiger partial charge in [-0.15, -0.1) is 0 Å². The molecule has 0 radical (unpaired) electrons. The predicted molar refractivity (Wildman–Crippen MR) is 81.8 cm³/mol. The average molecular weight is 300 g/mol. The van der Waals surface area contributed by atoms with Gasteiger partial charge in [-0.3, -0.25) is 9.59 Å². The summed E-state index contributed by atoms with van der Waals surface area (Å²) in [5.41, 5.74) is 5.99. The second-order valence-electron chi connectivity index (χ2n) is 4.64. The number of anilines is 1. The Kier molecular flexibility index (Phi) is 5.11. The van der Waals surface area contributed by atoms with Crippen LogP contribution in [-0.2, 0) is 9.59 Å². The lowest BCUT2D eigenvalue weighted by atomic mass is 10.2. The summed E-state index contributed by atoms with van der Waals surface area (Å²) in [6.45, 7) is 0. The van der Waals surface area contributed by atoms with Gasteiger partial charge in [0.25, 0.3) is 0 Å². The summed E-state index contributed by atoms with van der Waals surface area (Å²) >= 11 is 0. The molecule has 1 amide bonds. The molecule has 1 atom stereocenters. The Balaban J connectivity index is 2.02. The van der Waals surface area contributed by atoms with Gasteiger partial charge in [0.15, 0.2) is 0 Å². The fourth-order valence-corrected chi connectivity index (χ4v) is 1.78. The molecule has 2 aromatic rings. The summed E-state index contributed by atoms with van der Waals surface area (Å²) in [6.07, 6.45) is -0.425. The first-order valence-corrected chi connectivity index (χ1v) is 6.66. The molecule has 114 valence electrons. The van der Waals surface area contributed by atoms with E-state index < -0.39 is 24.3 Å². The van der Waals surface area contributed by atoms with Crippen molar-refractivity contribution in [2.45, 2.75) is 12.5 Å². The third-order valence-corrected chi connectivity index (χ3v) is 2.81. The van der Waals surface area contributed by atoms with Gasteiger partial charge in [-0.25, -0.2) is 0 Å². The summed E-state index contributed by atoms with van der Waals surface area (Å²) in [7, 11) is 0. The SMILES string of the molecule is N[C@H](CC(=O)O)C(=O)Nc1cccc(Oc2ccccc2)c1. The van der Waals surface area contributed by atoms with Crippen LogP contribution >= 0.6 is 0 Å². The summed E-state index contributed by atoms with van der Waals surface area (Å²) in [5.74, 6) is -0.451. The van der Waals surface area contributed by atoms with E-state index in [-0.39, 0.29) is 0 Å². The maximum absolute atomic E-state index is 11.8. The number of carboxylic acids is 1. The van der Waals surface area contributed by atoms with E-state index >= 15 is 0 Å². The van der Waals surface area contributed by atoms with Gasteiger partial charge < -0.3 is 20.9 Å². The Bertz CT molecular complexity index is 658. The number of ether oxygens (including phenoxy) is 1. The zero-order chi connectivity index (χ0) is 15.9. The Hall–Kier alpha value is -2.86. The maximum atomic E-state index is 11.8. The summed E-state index contributed by atoms with van der Waals surface area (Å²) < 4.78 is 5.65. The van der Waals surface area contributed by atoms with E-state index in [0.29, 0.717) is 17.2 Å². The highest BCUT2D eigenvalue weighted by atomic mass is 16.5. The number of hydrogen-bond donors (Lipinski definition) is 3. The topological polar surface area (TPSA) is 102 Å². The number of carbonyl (C=O) groups excluding carboxylic acids is 1. The molecule has 0 aliphatic carbocycles. The smallest absolute Gasteiger partial charge is 0.305 e. The zero-order valence-corrected chi connectivity index (χ0v) is 11.7. The number of carbonyl (C=O) groups is 2. The van der Waals surface area contributed by atoms with Crippen LogP contribution in [-0.4, -0.2) is 23.0 Å². The van der Waals surface area contributed by atoms with Crippen molar-refractivity contribution in [1.29, 1.82) is 0 Å². The van der Waals surface area contributed by atoms with E-state index in [1.807, 2.05) is 30.3 Å². The van der Waals surface area contributed by atoms with E-state index in [2.05, 4.69) is 5.32 Å². The molecule has 22 heavy (non-hydrogen) atoms. The monoisotopic (exact) mass is 300 g/mol. The second kappa shape index (κ2) is 7.24. The second-order valence-corrected chi connectivity index (χ2v) is 4.64. The van der Waals surface area contributed by atoms with Gasteiger partial charge in [0.1, 0.15) is 11.5 Å². The molecule has 0 unspecified atom stereocenters. The van der Waals surface area contributed by atoms with Crippen LogP contribution in [0.5, 0.6) is 11.5 Å². The van der Waals surface area contributed by atoms with E-state index in [9.17, 15) is 9.59 Å². The molecule has 2 aromatic carbocycles. The summed E-state index contributed by atoms with van der Waals surface area (Å²) in [6, 6.07) is 14.9. The molecule has 6 heteroatoms. The highest BCUT2D eigenvalue weighted by molar-refractivity contribution is 5.96. The maximum Gasteiger partial charge on any atom is 0.305 e. The van der Waals surface area contributed by atoms with Crippen molar-refractivity contribution in [3.8, 4) is 11.5 Å². The number of para-hydroxylation sites is 1. The van der Waals surface area contributed by atoms with Crippen LogP contribution in [0, 0.1) is 0 Å². The van der Waals surface area contributed by atoms with E-state index in [1.54, 1.807) is 24.3 Å². The molecule has 0 spiro atoms. The minimum atomic E-state index is -1.12. The Labute approximate surface area is 127 Å². The molecule has 2 rings (SSSR count). The Morgan fingerprint density at radius 3 is 2.45 bits per heavy atom. The highest BCUT2D eigenvalue weighted by Crippen LogP contribution is 2.23. The third kappa shape index (κ3) is 4.60. The Morgan fingerprint density at radius 1 is 1.09 bits per heavy atom. The minimum absolute atomic E-state index is 0.425. The molecule has 0 aromatic heterocycles. The first-order valence-electron chi connectivity index (χ1n) is 6.66. The standard InChI is InChI=1S/C16H16N2O4/c17-14(10-15(19)20)16(21)18-11-5-4-8-13(9-11)22-12-6-2-1-3-7-12/h1-9,14H,10,17H2,(H,18,21)(H,19,20)/t14-/m1/s1. The number of nitrogens with two attached hydrogens (primary N) is 1. The van der Waals surface area contributed by atoms with Crippen molar-refractivity contribution in [2.75, 3.05) is 5.32 Å². The zero-order valence-electron chi connectivity index (χ0n) is 11.7. The van der Waals surface area contributed by atoms with Crippen LogP contribution in [0.25, 0.3) is 0 Å². The van der Waals surface area contributed by atoms with Crippen molar-refractivity contribution in [2.24, 2.45) is 5.73 Å². The van der Waals surface area contributed by atoms with Gasteiger partial charge in [0.2, 0.25) is 5.91 Å². The largest absolute Gasteiger partial charge is 0.481 e. The quantitative estimate of drug-likeness (QED) is 0.759. The molecular weight excluding hydrogens is 284 g/mol. The highest BCUT2D eigenvalue weighted by Gasteiger charge is 2.17. The van der Waals surface area contributed by atoms with Crippen molar-refractivity contribution in [1.82, 2.24) is 0 Å². The predicted octanol–water partition coefficient (Wildman–Crippen LogP) is 2.22. The van der Waals surface area contributed by atoms with E-state index in [1.165, 1.54) is 0 Å². The van der Waals surface area contributed by atoms with E-state index in [4.69, 9.17) is 15.6 Å². The van der Waals surface area contributed by atoms with Gasteiger partial charge >= 0.3 is 5.97 Å². The van der Waals surface area contributed by atoms with Gasteiger partial charge in [-0.2, -0.15) is 0 Å².